The molecule has 0 spiro atoms. The minimum Gasteiger partial charge on any atom is -0.489 e. The summed E-state index contributed by atoms with van der Waals surface area (Å²) in [7, 11) is 0. The van der Waals surface area contributed by atoms with Crippen LogP contribution in [-0.4, -0.2) is 47.3 Å². The standard InChI is InChI=1S/C33H34N2O5/c1-3-39-33(38)32-23(2)35(21-31(37)34-18-17-25-11-7-8-12-27(25)20-34)30(36)19-29(32)26-13-15-28(16-14-26)40-22-24-9-5-4-6-10-24/h4-16,29H,3,17-22H2,1-2H3. The SMILES string of the molecule is CCOC(=O)C1=C(C)N(CC(=O)N2CCc3ccccc3C2)C(=O)CC1c1ccc(OCc2ccccc2)cc1. The van der Waals surface area contributed by atoms with Crippen LogP contribution in [0.1, 0.15) is 48.4 Å². The lowest BCUT2D eigenvalue weighted by atomic mass is 9.83. The number of carbonyl (C=O) groups excluding carboxylic acids is 3. The van der Waals surface area contributed by atoms with E-state index in [4.69, 9.17) is 9.47 Å². The van der Waals surface area contributed by atoms with E-state index in [-0.39, 0.29) is 31.4 Å². The Kier molecular flexibility index (Phi) is 8.29. The van der Waals surface area contributed by atoms with Crippen LogP contribution in [-0.2, 0) is 38.7 Å². The van der Waals surface area contributed by atoms with Crippen molar-refractivity contribution in [1.82, 2.24) is 9.80 Å². The molecule has 1 unspecified atom stereocenters. The Morgan fingerprint density at radius 1 is 0.925 bits per heavy atom. The Balaban J connectivity index is 1.34. The van der Waals surface area contributed by atoms with Gasteiger partial charge in [-0.2, -0.15) is 0 Å². The summed E-state index contributed by atoms with van der Waals surface area (Å²) < 4.78 is 11.3. The number of ether oxygens (including phenoxy) is 2. The number of esters is 1. The first-order valence-electron chi connectivity index (χ1n) is 13.7. The zero-order valence-corrected chi connectivity index (χ0v) is 23.0. The molecular formula is C33H34N2O5. The second-order valence-corrected chi connectivity index (χ2v) is 10.1. The number of amides is 2. The summed E-state index contributed by atoms with van der Waals surface area (Å²) in [6.07, 6.45) is 0.859. The lowest BCUT2D eigenvalue weighted by Crippen LogP contribution is -2.46. The number of benzene rings is 3. The monoisotopic (exact) mass is 538 g/mol. The molecule has 0 saturated heterocycles. The van der Waals surface area contributed by atoms with Crippen LogP contribution in [0.2, 0.25) is 0 Å². The molecule has 2 aliphatic heterocycles. The van der Waals surface area contributed by atoms with E-state index in [0.717, 1.165) is 23.1 Å². The van der Waals surface area contributed by atoms with Gasteiger partial charge < -0.3 is 19.3 Å². The van der Waals surface area contributed by atoms with Gasteiger partial charge in [-0.05, 0) is 54.7 Å². The smallest absolute Gasteiger partial charge is 0.336 e. The molecule has 2 heterocycles. The quantitative estimate of drug-likeness (QED) is 0.377. The highest BCUT2D eigenvalue weighted by Gasteiger charge is 2.38. The molecule has 5 rings (SSSR count). The Labute approximate surface area is 235 Å². The van der Waals surface area contributed by atoms with Gasteiger partial charge in [0.1, 0.15) is 18.9 Å². The number of hydrogen-bond acceptors (Lipinski definition) is 5. The fourth-order valence-electron chi connectivity index (χ4n) is 5.44. The van der Waals surface area contributed by atoms with Crippen LogP contribution in [0.4, 0.5) is 0 Å². The molecule has 206 valence electrons. The predicted molar refractivity (Wildman–Crippen MR) is 151 cm³/mol. The highest BCUT2D eigenvalue weighted by atomic mass is 16.5. The van der Waals surface area contributed by atoms with Crippen molar-refractivity contribution in [2.24, 2.45) is 0 Å². The van der Waals surface area contributed by atoms with Crippen LogP contribution in [0.3, 0.4) is 0 Å². The summed E-state index contributed by atoms with van der Waals surface area (Å²) >= 11 is 0. The first-order valence-corrected chi connectivity index (χ1v) is 13.7. The lowest BCUT2D eigenvalue weighted by molar-refractivity contribution is -0.142. The molecule has 3 aromatic carbocycles. The molecule has 0 saturated carbocycles. The van der Waals surface area contributed by atoms with Gasteiger partial charge in [0.2, 0.25) is 11.8 Å². The van der Waals surface area contributed by atoms with E-state index in [1.165, 1.54) is 10.5 Å². The van der Waals surface area contributed by atoms with Crippen LogP contribution in [0.5, 0.6) is 5.75 Å². The molecule has 2 amide bonds. The van der Waals surface area contributed by atoms with E-state index in [0.29, 0.717) is 36.7 Å². The Morgan fingerprint density at radius 2 is 1.62 bits per heavy atom. The maximum atomic E-state index is 13.4. The molecule has 7 nitrogen and oxygen atoms in total. The van der Waals surface area contributed by atoms with Gasteiger partial charge in [0, 0.05) is 31.1 Å². The van der Waals surface area contributed by atoms with Crippen molar-refractivity contribution in [3.8, 4) is 5.75 Å². The zero-order valence-electron chi connectivity index (χ0n) is 23.0. The van der Waals surface area contributed by atoms with E-state index in [1.807, 2.05) is 72.8 Å². The van der Waals surface area contributed by atoms with Crippen molar-refractivity contribution < 1.29 is 23.9 Å². The highest BCUT2D eigenvalue weighted by Crippen LogP contribution is 2.38. The molecule has 0 aliphatic carbocycles. The van der Waals surface area contributed by atoms with Crippen molar-refractivity contribution in [2.45, 2.75) is 45.8 Å². The molecule has 3 aromatic rings. The highest BCUT2D eigenvalue weighted by molar-refractivity contribution is 5.97. The van der Waals surface area contributed by atoms with Crippen molar-refractivity contribution in [3.05, 3.63) is 112 Å². The fraction of sp³-hybridized carbons (Fsp3) is 0.303. The summed E-state index contributed by atoms with van der Waals surface area (Å²) in [5.74, 6) is -0.563. The zero-order chi connectivity index (χ0) is 28.1. The van der Waals surface area contributed by atoms with E-state index in [1.54, 1.807) is 18.7 Å². The molecule has 40 heavy (non-hydrogen) atoms. The largest absolute Gasteiger partial charge is 0.489 e. The Bertz CT molecular complexity index is 1410. The van der Waals surface area contributed by atoms with Crippen molar-refractivity contribution in [1.29, 1.82) is 0 Å². The van der Waals surface area contributed by atoms with Crippen molar-refractivity contribution in [2.75, 3.05) is 19.7 Å². The van der Waals surface area contributed by atoms with Crippen LogP contribution in [0.25, 0.3) is 0 Å². The van der Waals surface area contributed by atoms with Crippen molar-refractivity contribution >= 4 is 17.8 Å². The number of allylic oxidation sites excluding steroid dienone is 1. The third-order valence-electron chi connectivity index (χ3n) is 7.63. The summed E-state index contributed by atoms with van der Waals surface area (Å²) in [6.45, 7) is 5.17. The van der Waals surface area contributed by atoms with Gasteiger partial charge in [0.15, 0.2) is 0 Å². The van der Waals surface area contributed by atoms with Gasteiger partial charge in [0.25, 0.3) is 0 Å². The molecule has 2 aliphatic rings. The van der Waals surface area contributed by atoms with Gasteiger partial charge in [0.05, 0.1) is 12.2 Å². The van der Waals surface area contributed by atoms with Crippen LogP contribution < -0.4 is 4.74 Å². The molecule has 7 heteroatoms. The second-order valence-electron chi connectivity index (χ2n) is 10.1. The maximum Gasteiger partial charge on any atom is 0.336 e. The Hall–Kier alpha value is -4.39. The molecule has 0 fully saturated rings. The number of fused-ring (bicyclic) bond motifs is 1. The number of carbonyl (C=O) groups is 3. The molecule has 0 bridgehead atoms. The first kappa shape index (κ1) is 27.2. The topological polar surface area (TPSA) is 76.2 Å². The third kappa shape index (κ3) is 5.93. The van der Waals surface area contributed by atoms with E-state index in [2.05, 4.69) is 6.07 Å². The fourth-order valence-corrected chi connectivity index (χ4v) is 5.44. The minimum atomic E-state index is -0.470. The lowest BCUT2D eigenvalue weighted by Gasteiger charge is -2.36. The molecule has 1 atom stereocenters. The van der Waals surface area contributed by atoms with E-state index >= 15 is 0 Å². The summed E-state index contributed by atoms with van der Waals surface area (Å²) in [5.41, 5.74) is 5.15. The summed E-state index contributed by atoms with van der Waals surface area (Å²) in [5, 5.41) is 0. The maximum absolute atomic E-state index is 13.4. The number of nitrogens with zero attached hydrogens (tertiary/aromatic N) is 2. The molecule has 0 aromatic heterocycles. The molecular weight excluding hydrogens is 504 g/mol. The van der Waals surface area contributed by atoms with Gasteiger partial charge in [-0.25, -0.2) is 4.79 Å². The van der Waals surface area contributed by atoms with Crippen LogP contribution in [0, 0.1) is 0 Å². The minimum absolute atomic E-state index is 0.0752. The summed E-state index contributed by atoms with van der Waals surface area (Å²) in [4.78, 5) is 43.1. The second kappa shape index (κ2) is 12.2. The average Bonchev–Trinajstić information content (AvgIpc) is 2.98. The summed E-state index contributed by atoms with van der Waals surface area (Å²) in [6, 6.07) is 25.5. The van der Waals surface area contributed by atoms with Crippen molar-refractivity contribution in [3.63, 3.8) is 0 Å². The number of hydrogen-bond donors (Lipinski definition) is 0. The van der Waals surface area contributed by atoms with Crippen LogP contribution in [0.15, 0.2) is 90.1 Å². The molecule has 0 N–H and O–H groups in total. The van der Waals surface area contributed by atoms with Gasteiger partial charge in [-0.1, -0.05) is 66.7 Å². The Morgan fingerprint density at radius 3 is 2.35 bits per heavy atom. The first-order chi connectivity index (χ1) is 19.4. The van der Waals surface area contributed by atoms with E-state index in [9.17, 15) is 14.4 Å². The van der Waals surface area contributed by atoms with Gasteiger partial charge in [-0.15, -0.1) is 0 Å². The van der Waals surface area contributed by atoms with Crippen LogP contribution >= 0.6 is 0 Å². The molecule has 0 radical (unpaired) electrons. The third-order valence-corrected chi connectivity index (χ3v) is 7.63. The van der Waals surface area contributed by atoms with Gasteiger partial charge in [-0.3, -0.25) is 9.59 Å². The van der Waals surface area contributed by atoms with Gasteiger partial charge >= 0.3 is 5.97 Å². The predicted octanol–water partition coefficient (Wildman–Crippen LogP) is 5.00. The number of rotatable bonds is 8. The van der Waals surface area contributed by atoms with E-state index < -0.39 is 11.9 Å². The normalized spacial score (nSPS) is 16.9. The average molecular weight is 539 g/mol.